The van der Waals surface area contributed by atoms with Crippen molar-refractivity contribution in [2.75, 3.05) is 7.05 Å². The van der Waals surface area contributed by atoms with Gasteiger partial charge in [0.1, 0.15) is 0 Å². The molecule has 0 saturated carbocycles. The Hall–Kier alpha value is -2.33. The second kappa shape index (κ2) is 9.45. The van der Waals surface area contributed by atoms with E-state index in [1.54, 1.807) is 12.1 Å². The molecule has 1 unspecified atom stereocenters. The number of hydrogen-bond acceptors (Lipinski definition) is 1. The van der Waals surface area contributed by atoms with Gasteiger partial charge in [-0.15, -0.1) is 0 Å². The van der Waals surface area contributed by atoms with Gasteiger partial charge in [-0.2, -0.15) is 13.2 Å². The Balaban J connectivity index is 1.71. The van der Waals surface area contributed by atoms with Crippen molar-refractivity contribution < 1.29 is 13.2 Å². The first kappa shape index (κ1) is 21.4. The lowest BCUT2D eigenvalue weighted by atomic mass is 9.93. The first-order valence-corrected chi connectivity index (χ1v) is 10.3. The number of fused-ring (bicyclic) bond motifs is 1. The second-order valence-corrected chi connectivity index (χ2v) is 7.49. The summed E-state index contributed by atoms with van der Waals surface area (Å²) in [5.41, 5.74) is 2.89. The number of unbranched alkanes of at least 4 members (excludes halogenated alkanes) is 1. The van der Waals surface area contributed by atoms with Crippen LogP contribution < -0.4 is 5.32 Å². The number of halogens is 3. The zero-order valence-corrected chi connectivity index (χ0v) is 17.0. The molecule has 0 saturated heterocycles. The van der Waals surface area contributed by atoms with E-state index < -0.39 is 11.7 Å². The van der Waals surface area contributed by atoms with Crippen molar-refractivity contribution >= 4 is 10.8 Å². The molecular formula is C25H28F3N. The third-order valence-corrected chi connectivity index (χ3v) is 5.62. The van der Waals surface area contributed by atoms with E-state index in [9.17, 15) is 13.2 Å². The molecule has 0 aliphatic rings. The summed E-state index contributed by atoms with van der Waals surface area (Å²) in [5.74, 6) is 0. The lowest BCUT2D eigenvalue weighted by molar-refractivity contribution is -0.137. The van der Waals surface area contributed by atoms with Crippen LogP contribution in [0.2, 0.25) is 0 Å². The van der Waals surface area contributed by atoms with Crippen LogP contribution in [-0.2, 0) is 19.0 Å². The van der Waals surface area contributed by atoms with Gasteiger partial charge in [0.15, 0.2) is 0 Å². The molecule has 154 valence electrons. The maximum atomic E-state index is 13.3. The zero-order chi connectivity index (χ0) is 20.9. The first-order valence-electron chi connectivity index (χ1n) is 10.3. The van der Waals surface area contributed by atoms with Gasteiger partial charge in [-0.3, -0.25) is 0 Å². The Morgan fingerprint density at radius 1 is 0.897 bits per heavy atom. The van der Waals surface area contributed by atoms with E-state index >= 15 is 0 Å². The minimum Gasteiger partial charge on any atom is -0.313 e. The molecule has 0 aliphatic heterocycles. The maximum Gasteiger partial charge on any atom is 0.416 e. The van der Waals surface area contributed by atoms with Crippen molar-refractivity contribution in [1.29, 1.82) is 0 Å². The van der Waals surface area contributed by atoms with Crippen molar-refractivity contribution in [2.24, 2.45) is 0 Å². The smallest absolute Gasteiger partial charge is 0.313 e. The minimum atomic E-state index is -4.32. The summed E-state index contributed by atoms with van der Waals surface area (Å²) in [6.45, 7) is 2.16. The van der Waals surface area contributed by atoms with Crippen LogP contribution in [0.1, 0.15) is 54.5 Å². The summed E-state index contributed by atoms with van der Waals surface area (Å²) in [5, 5.41) is 4.98. The molecule has 1 N–H and O–H groups in total. The Kier molecular flexibility index (Phi) is 6.96. The van der Waals surface area contributed by atoms with Crippen molar-refractivity contribution in [2.45, 2.75) is 51.2 Å². The molecule has 29 heavy (non-hydrogen) atoms. The average molecular weight is 400 g/mol. The summed E-state index contributed by atoms with van der Waals surface area (Å²) in [7, 11) is 1.97. The van der Waals surface area contributed by atoms with Gasteiger partial charge < -0.3 is 5.32 Å². The summed E-state index contributed by atoms with van der Waals surface area (Å²) in [6, 6.07) is 18.6. The topological polar surface area (TPSA) is 12.0 Å². The van der Waals surface area contributed by atoms with Gasteiger partial charge in [0, 0.05) is 6.04 Å². The van der Waals surface area contributed by atoms with Crippen LogP contribution in [0.5, 0.6) is 0 Å². The highest BCUT2D eigenvalue weighted by Crippen LogP contribution is 2.34. The second-order valence-electron chi connectivity index (χ2n) is 7.49. The van der Waals surface area contributed by atoms with E-state index in [4.69, 9.17) is 0 Å². The zero-order valence-electron chi connectivity index (χ0n) is 17.0. The molecule has 3 aromatic carbocycles. The normalized spacial score (nSPS) is 13.0. The highest BCUT2D eigenvalue weighted by molar-refractivity contribution is 5.86. The van der Waals surface area contributed by atoms with Crippen LogP contribution >= 0.6 is 0 Å². The summed E-state index contributed by atoms with van der Waals surface area (Å²) in [4.78, 5) is 0. The SMILES string of the molecule is CCc1ccccc1C(CCCCc1cc(C(F)(F)F)cc2ccccc12)NC. The Labute approximate surface area is 171 Å². The maximum absolute atomic E-state index is 13.3. The molecule has 3 aromatic rings. The van der Waals surface area contributed by atoms with E-state index in [0.29, 0.717) is 11.8 Å². The fourth-order valence-electron chi connectivity index (χ4n) is 4.08. The molecule has 0 aliphatic carbocycles. The Morgan fingerprint density at radius 3 is 2.34 bits per heavy atom. The van der Waals surface area contributed by atoms with Crippen LogP contribution in [0, 0.1) is 0 Å². The number of alkyl halides is 3. The van der Waals surface area contributed by atoms with Crippen molar-refractivity contribution in [3.05, 3.63) is 82.9 Å². The monoisotopic (exact) mass is 399 g/mol. The predicted octanol–water partition coefficient (Wildman–Crippen LogP) is 7.09. The highest BCUT2D eigenvalue weighted by atomic mass is 19.4. The first-order chi connectivity index (χ1) is 13.9. The molecular weight excluding hydrogens is 371 g/mol. The highest BCUT2D eigenvalue weighted by Gasteiger charge is 2.31. The van der Waals surface area contributed by atoms with Gasteiger partial charge in [0.2, 0.25) is 0 Å². The molecule has 1 atom stereocenters. The lowest BCUT2D eigenvalue weighted by Gasteiger charge is -2.20. The quantitative estimate of drug-likeness (QED) is 0.399. The van der Waals surface area contributed by atoms with Crippen LogP contribution in [0.15, 0.2) is 60.7 Å². The summed E-state index contributed by atoms with van der Waals surface area (Å²) < 4.78 is 39.9. The van der Waals surface area contributed by atoms with E-state index in [-0.39, 0.29) is 6.04 Å². The Bertz CT molecular complexity index is 946. The number of rotatable bonds is 8. The minimum absolute atomic E-state index is 0.268. The van der Waals surface area contributed by atoms with Crippen molar-refractivity contribution in [3.8, 4) is 0 Å². The van der Waals surface area contributed by atoms with Gasteiger partial charge in [-0.1, -0.05) is 61.9 Å². The third kappa shape index (κ3) is 5.18. The van der Waals surface area contributed by atoms with Crippen LogP contribution in [0.25, 0.3) is 10.8 Å². The van der Waals surface area contributed by atoms with E-state index in [1.165, 1.54) is 23.3 Å². The molecule has 0 aromatic heterocycles. The molecule has 3 rings (SSSR count). The van der Waals surface area contributed by atoms with Crippen LogP contribution in [-0.4, -0.2) is 7.05 Å². The molecule has 0 spiro atoms. The Morgan fingerprint density at radius 2 is 1.62 bits per heavy atom. The van der Waals surface area contributed by atoms with E-state index in [0.717, 1.165) is 36.6 Å². The van der Waals surface area contributed by atoms with Crippen molar-refractivity contribution in [3.63, 3.8) is 0 Å². The molecule has 0 amide bonds. The lowest BCUT2D eigenvalue weighted by Crippen LogP contribution is -2.18. The van der Waals surface area contributed by atoms with Crippen LogP contribution in [0.4, 0.5) is 13.2 Å². The summed E-state index contributed by atoms with van der Waals surface area (Å²) in [6.07, 6.45) is 0.0943. The number of hydrogen-bond donors (Lipinski definition) is 1. The number of nitrogens with one attached hydrogen (secondary N) is 1. The van der Waals surface area contributed by atoms with E-state index in [2.05, 4.69) is 36.5 Å². The molecule has 0 heterocycles. The fraction of sp³-hybridized carbons (Fsp3) is 0.360. The molecule has 0 fully saturated rings. The largest absolute Gasteiger partial charge is 0.416 e. The summed E-state index contributed by atoms with van der Waals surface area (Å²) >= 11 is 0. The molecule has 1 nitrogen and oxygen atoms in total. The number of benzene rings is 3. The predicted molar refractivity (Wildman–Crippen MR) is 114 cm³/mol. The van der Waals surface area contributed by atoms with Gasteiger partial charge in [0.05, 0.1) is 5.56 Å². The van der Waals surface area contributed by atoms with Crippen LogP contribution in [0.3, 0.4) is 0 Å². The van der Waals surface area contributed by atoms with Gasteiger partial charge in [0.25, 0.3) is 0 Å². The molecule has 0 bridgehead atoms. The fourth-order valence-corrected chi connectivity index (χ4v) is 4.08. The molecule has 4 heteroatoms. The van der Waals surface area contributed by atoms with Crippen molar-refractivity contribution in [1.82, 2.24) is 5.32 Å². The molecule has 0 radical (unpaired) electrons. The van der Waals surface area contributed by atoms with Gasteiger partial charge in [-0.05, 0) is 72.3 Å². The third-order valence-electron chi connectivity index (χ3n) is 5.62. The van der Waals surface area contributed by atoms with Gasteiger partial charge >= 0.3 is 6.18 Å². The van der Waals surface area contributed by atoms with Gasteiger partial charge in [-0.25, -0.2) is 0 Å². The standard InChI is InChI=1S/C25H28F3N/c1-3-18-10-4-8-14-23(18)24(29-2)15-9-6-12-20-17-21(25(26,27)28)16-19-11-5-7-13-22(19)20/h4-5,7-8,10-11,13-14,16-17,24,29H,3,6,9,12,15H2,1-2H3. The van der Waals surface area contributed by atoms with E-state index in [1.807, 2.05) is 19.2 Å². The number of aryl methyl sites for hydroxylation is 2. The average Bonchev–Trinajstić information content (AvgIpc) is 2.73.